The van der Waals surface area contributed by atoms with Crippen molar-refractivity contribution in [3.8, 4) is 11.8 Å². The van der Waals surface area contributed by atoms with Crippen LogP contribution >= 0.6 is 31.9 Å². The molecule has 3 aromatic heterocycles. The van der Waals surface area contributed by atoms with Gasteiger partial charge in [0.25, 0.3) is 17.8 Å². The van der Waals surface area contributed by atoms with Crippen LogP contribution in [0.25, 0.3) is 0 Å². The Kier molecular flexibility index (Phi) is 18.9. The molecule has 298 valence electrons. The van der Waals surface area contributed by atoms with Crippen LogP contribution in [0.4, 0.5) is 30.7 Å². The van der Waals surface area contributed by atoms with E-state index in [0.29, 0.717) is 11.8 Å². The first kappa shape index (κ1) is 50.5. The van der Waals surface area contributed by atoms with Crippen molar-refractivity contribution in [2.45, 2.75) is 128 Å². The minimum atomic E-state index is -2.59. The van der Waals surface area contributed by atoms with Gasteiger partial charge in [-0.15, -0.1) is 0 Å². The van der Waals surface area contributed by atoms with Crippen LogP contribution in [0.15, 0.2) is 63.9 Å². The molecule has 1 saturated heterocycles. The zero-order chi connectivity index (χ0) is 37.8. The zero-order valence-corrected chi connectivity index (χ0v) is 34.2. The van der Waals surface area contributed by atoms with Gasteiger partial charge >= 0.3 is 36.7 Å². The maximum Gasteiger partial charge on any atom is 1.00 e. The summed E-state index contributed by atoms with van der Waals surface area (Å²) in [7, 11) is -0.486. The van der Waals surface area contributed by atoms with Gasteiger partial charge in [0.15, 0.2) is 0 Å². The Morgan fingerprint density at radius 1 is 0.667 bits per heavy atom. The molecule has 8 nitrogen and oxygen atoms in total. The number of halogens is 9. The van der Waals surface area contributed by atoms with Gasteiger partial charge in [0.05, 0.1) is 17.3 Å². The van der Waals surface area contributed by atoms with Crippen molar-refractivity contribution in [3.05, 3.63) is 69.9 Å². The molecule has 4 aliphatic rings. The Hall–Kier alpha value is -1.54. The fourth-order valence-corrected chi connectivity index (χ4v) is 5.19. The summed E-state index contributed by atoms with van der Waals surface area (Å²) in [6.45, 7) is 7.92. The molecule has 0 atom stereocenters. The summed E-state index contributed by atoms with van der Waals surface area (Å²) in [6.07, 6.45) is 1.44. The van der Waals surface area contributed by atoms with Gasteiger partial charge in [-0.1, -0.05) is 20.9 Å². The number of pyridine rings is 3. The molecule has 0 spiro atoms. The van der Waals surface area contributed by atoms with Crippen molar-refractivity contribution in [1.29, 1.82) is 0 Å². The van der Waals surface area contributed by atoms with E-state index in [0.717, 1.165) is 14.4 Å². The number of aromatic nitrogens is 3. The second-order valence-corrected chi connectivity index (χ2v) is 15.4. The average Bonchev–Trinajstić information content (AvgIpc) is 3.20. The molecule has 3 aromatic rings. The number of alkyl halides is 6. The van der Waals surface area contributed by atoms with Crippen LogP contribution in [0.2, 0.25) is 0 Å². The van der Waals surface area contributed by atoms with Gasteiger partial charge in [-0.05, 0) is 83.8 Å². The number of hydrogen-bond donors (Lipinski definition) is 1. The summed E-state index contributed by atoms with van der Waals surface area (Å²) >= 11 is 6.34. The summed E-state index contributed by atoms with van der Waals surface area (Å²) in [5.41, 5.74) is -0.0423. The van der Waals surface area contributed by atoms with E-state index in [1.54, 1.807) is 42.7 Å². The number of aliphatic hydroxyl groups is 1. The van der Waals surface area contributed by atoms with Crippen molar-refractivity contribution in [2.75, 3.05) is 0 Å². The normalized spacial score (nSPS) is 21.0. The van der Waals surface area contributed by atoms with Crippen LogP contribution in [-0.2, 0) is 9.31 Å². The maximum atomic E-state index is 12.8. The molecule has 4 heterocycles. The van der Waals surface area contributed by atoms with Gasteiger partial charge in [0, 0.05) is 77.6 Å². The molecule has 19 heteroatoms. The molecule has 3 aliphatic carbocycles. The first-order valence-electron chi connectivity index (χ1n) is 15.9. The largest absolute Gasteiger partial charge is 1.00 e. The quantitative estimate of drug-likeness (QED) is 0.171. The molecule has 0 amide bonds. The third kappa shape index (κ3) is 15.4. The minimum Gasteiger partial charge on any atom is -1.00 e. The van der Waals surface area contributed by atoms with E-state index in [1.807, 2.05) is 27.7 Å². The molecule has 7 rings (SSSR count). The van der Waals surface area contributed by atoms with Gasteiger partial charge in [-0.2, -0.15) is 4.39 Å². The second-order valence-electron chi connectivity index (χ2n) is 13.6. The Morgan fingerprint density at radius 2 is 1.06 bits per heavy atom. The molecule has 54 heavy (non-hydrogen) atoms. The van der Waals surface area contributed by atoms with Crippen molar-refractivity contribution in [1.82, 2.24) is 15.0 Å². The smallest absolute Gasteiger partial charge is 1.00 e. The number of nitrogens with zero attached hydrogens (tertiary/aromatic N) is 3. The standard InChI is InChI=1S/C15H20BF2NO3.C9H8BrF2NO.C5H3BrFN.C4H6F2O.2CH4.Na.H/c1-13(2)14(3,4)22-16(21-13)10-5-6-12(19-9-10)20-11-7-15(17,18)8-11;10-6-1-2-8(13-5-6)14-7-3-9(11,12)4-7;6-4-1-2-5(7)8-3-4;5-4(6)1-3(7)2-4;;;;/h5-6,9,11H,7-8H2,1-4H3;1-2,5,7H,3-4H2;1-3H;3,7H,1-2H2;2*1H4;;/q;;;;;;+1;-1. The molecule has 1 N–H and O–H groups in total. The van der Waals surface area contributed by atoms with E-state index in [-0.39, 0.29) is 84.4 Å². The molecular weight excluding hydrogens is 869 g/mol. The summed E-state index contributed by atoms with van der Waals surface area (Å²) in [5.74, 6) is -7.39. The van der Waals surface area contributed by atoms with Gasteiger partial charge in [0.1, 0.15) is 12.2 Å². The Bertz CT molecular complexity index is 1530. The topological polar surface area (TPSA) is 95.8 Å². The summed E-state index contributed by atoms with van der Waals surface area (Å²) in [4.78, 5) is 11.5. The van der Waals surface area contributed by atoms with Gasteiger partial charge in [-0.3, -0.25) is 0 Å². The van der Waals surface area contributed by atoms with E-state index in [1.165, 1.54) is 12.3 Å². The van der Waals surface area contributed by atoms with Crippen molar-refractivity contribution < 1.29 is 85.6 Å². The van der Waals surface area contributed by atoms with Crippen molar-refractivity contribution >= 4 is 44.4 Å². The fraction of sp³-hybridized carbons (Fsp3) is 0.571. The van der Waals surface area contributed by atoms with Crippen molar-refractivity contribution in [2.24, 2.45) is 0 Å². The SMILES string of the molecule is C.C.CC1(C)OB(c2ccc(OC3CC(F)(F)C3)nc2)OC1(C)C.FC1(F)CC(Oc2ccc(Br)cn2)C1.Fc1ccc(Br)cn1.OC1CC(F)(F)C1.[H-].[Na+]. The number of ether oxygens (including phenoxy) is 2. The molecule has 0 unspecified atom stereocenters. The average molecular weight is 915 g/mol. The third-order valence-corrected chi connectivity index (χ3v) is 9.36. The Morgan fingerprint density at radius 3 is 1.33 bits per heavy atom. The van der Waals surface area contributed by atoms with E-state index in [9.17, 15) is 30.7 Å². The van der Waals surface area contributed by atoms with E-state index < -0.39 is 60.3 Å². The second kappa shape index (κ2) is 20.2. The molecule has 4 fully saturated rings. The molecule has 0 radical (unpaired) electrons. The molecular formula is C35H46BBr2F7N3NaO5. The van der Waals surface area contributed by atoms with Crippen LogP contribution in [0.5, 0.6) is 11.8 Å². The third-order valence-electron chi connectivity index (χ3n) is 8.42. The molecule has 0 aromatic carbocycles. The monoisotopic (exact) mass is 913 g/mol. The summed E-state index contributed by atoms with van der Waals surface area (Å²) < 4.78 is 110. The van der Waals surface area contributed by atoms with E-state index in [4.69, 9.17) is 23.9 Å². The number of rotatable bonds is 5. The fourth-order valence-electron chi connectivity index (χ4n) is 4.72. The minimum absolute atomic E-state index is 0. The van der Waals surface area contributed by atoms with Crippen LogP contribution < -0.4 is 44.5 Å². The van der Waals surface area contributed by atoms with E-state index in [2.05, 4.69) is 46.8 Å². The first-order valence-corrected chi connectivity index (χ1v) is 17.5. The number of hydrogen-bond acceptors (Lipinski definition) is 8. The van der Waals surface area contributed by atoms with Crippen LogP contribution in [0.3, 0.4) is 0 Å². The molecule has 0 bridgehead atoms. The number of aliphatic hydroxyl groups excluding tert-OH is 1. The van der Waals surface area contributed by atoms with Crippen LogP contribution in [-0.4, -0.2) is 74.5 Å². The molecule has 3 saturated carbocycles. The van der Waals surface area contributed by atoms with Gasteiger partial charge < -0.3 is 25.3 Å². The first-order chi connectivity index (χ1) is 23.5. The van der Waals surface area contributed by atoms with Crippen molar-refractivity contribution in [3.63, 3.8) is 0 Å². The predicted octanol–water partition coefficient (Wildman–Crippen LogP) is 6.73. The Labute approximate surface area is 352 Å². The summed E-state index contributed by atoms with van der Waals surface area (Å²) in [6, 6.07) is 9.77. The summed E-state index contributed by atoms with van der Waals surface area (Å²) in [5, 5.41) is 8.30. The van der Waals surface area contributed by atoms with Crippen LogP contribution in [0, 0.1) is 5.95 Å². The van der Waals surface area contributed by atoms with Gasteiger partial charge in [0.2, 0.25) is 17.7 Å². The predicted molar refractivity (Wildman–Crippen MR) is 196 cm³/mol. The van der Waals surface area contributed by atoms with Gasteiger partial charge in [-0.25, -0.2) is 41.3 Å². The Balaban J connectivity index is 0.000000761. The zero-order valence-electron chi connectivity index (χ0n) is 30.1. The van der Waals surface area contributed by atoms with E-state index >= 15 is 0 Å². The maximum absolute atomic E-state index is 12.8. The molecule has 1 aliphatic heterocycles. The van der Waals surface area contributed by atoms with Crippen LogP contribution in [0.1, 0.15) is 82.5 Å².